The molecule has 58 heavy (non-hydrogen) atoms. The molecule has 0 atom stereocenters. The van der Waals surface area contributed by atoms with Crippen LogP contribution in [-0.2, 0) is 27.1 Å². The Balaban J connectivity index is 1.71. The van der Waals surface area contributed by atoms with Crippen molar-refractivity contribution in [2.45, 2.75) is 131 Å². The molecule has 0 radical (unpaired) electrons. The van der Waals surface area contributed by atoms with Crippen molar-refractivity contribution in [3.05, 3.63) is 160 Å². The molecular weight excluding hydrogens is 767 g/mol. The molecule has 0 heterocycles. The van der Waals surface area contributed by atoms with Crippen LogP contribution in [0.2, 0.25) is 0 Å². The fourth-order valence-corrected chi connectivity index (χ4v) is 8.06. The summed E-state index contributed by atoms with van der Waals surface area (Å²) >= 11 is 3.98. The molecule has 0 aromatic heterocycles. The molecule has 0 aliphatic carbocycles. The van der Waals surface area contributed by atoms with Gasteiger partial charge in [-0.3, -0.25) is 0 Å². The normalized spacial score (nSPS) is 12.8. The van der Waals surface area contributed by atoms with Crippen molar-refractivity contribution < 1.29 is 0 Å². The quantitative estimate of drug-likeness (QED) is 0.162. The second-order valence-corrected chi connectivity index (χ2v) is 22.4. The van der Waals surface area contributed by atoms with Crippen molar-refractivity contribution >= 4 is 33.0 Å². The first-order valence-electron chi connectivity index (χ1n) is 21.0. The first-order chi connectivity index (χ1) is 26.8. The van der Waals surface area contributed by atoms with E-state index in [1.807, 2.05) is 0 Å². The number of benzene rings is 6. The summed E-state index contributed by atoms with van der Waals surface area (Å²) in [5, 5.41) is 0. The Morgan fingerprint density at radius 3 is 1.17 bits per heavy atom. The molecule has 0 fully saturated rings. The first-order valence-corrected chi connectivity index (χ1v) is 21.8. The fourth-order valence-electron chi connectivity index (χ4n) is 7.58. The Labute approximate surface area is 360 Å². The van der Waals surface area contributed by atoms with Gasteiger partial charge in [-0.2, -0.15) is 0 Å². The van der Waals surface area contributed by atoms with Gasteiger partial charge in [-0.25, -0.2) is 0 Å². The minimum absolute atomic E-state index is 0.0121. The first kappa shape index (κ1) is 43.2. The maximum atomic E-state index is 3.98. The lowest BCUT2D eigenvalue weighted by Gasteiger charge is -2.32. The maximum absolute atomic E-state index is 3.98. The lowest BCUT2D eigenvalue weighted by molar-refractivity contribution is 0.569. The van der Waals surface area contributed by atoms with Crippen LogP contribution in [0.3, 0.4) is 0 Å². The summed E-state index contributed by atoms with van der Waals surface area (Å²) in [5.74, 6) is 0. The van der Waals surface area contributed by atoms with Crippen LogP contribution in [0.15, 0.2) is 132 Å². The molecule has 0 N–H and O–H groups in total. The molecule has 0 aliphatic rings. The smallest absolute Gasteiger partial charge is 0.0618 e. The van der Waals surface area contributed by atoms with E-state index < -0.39 is 0 Å². The highest BCUT2D eigenvalue weighted by molar-refractivity contribution is 9.10. The average Bonchev–Trinajstić information content (AvgIpc) is 3.13. The summed E-state index contributed by atoms with van der Waals surface area (Å²) in [7, 11) is 0. The van der Waals surface area contributed by atoms with Crippen LogP contribution >= 0.6 is 15.9 Å². The Hall–Kier alpha value is -4.40. The topological polar surface area (TPSA) is 3.24 Å². The van der Waals surface area contributed by atoms with Gasteiger partial charge in [0, 0.05) is 27.0 Å². The Bertz CT molecular complexity index is 2290. The molecule has 302 valence electrons. The van der Waals surface area contributed by atoms with Gasteiger partial charge in [-0.05, 0) is 107 Å². The van der Waals surface area contributed by atoms with Gasteiger partial charge >= 0.3 is 0 Å². The molecule has 0 bridgehead atoms. The van der Waals surface area contributed by atoms with E-state index in [4.69, 9.17) is 0 Å². The van der Waals surface area contributed by atoms with E-state index in [2.05, 4.69) is 252 Å². The number of para-hydroxylation sites is 1. The number of halogens is 1. The van der Waals surface area contributed by atoms with Gasteiger partial charge in [-0.15, -0.1) is 0 Å². The molecule has 0 spiro atoms. The molecule has 6 aromatic carbocycles. The summed E-state index contributed by atoms with van der Waals surface area (Å²) < 4.78 is 1.06. The number of anilines is 3. The van der Waals surface area contributed by atoms with E-state index in [1.54, 1.807) is 0 Å². The van der Waals surface area contributed by atoms with Gasteiger partial charge in [0.15, 0.2) is 0 Å². The van der Waals surface area contributed by atoms with Gasteiger partial charge in [0.2, 0.25) is 0 Å². The third-order valence-corrected chi connectivity index (χ3v) is 12.0. The molecule has 0 aliphatic heterocycles. The van der Waals surface area contributed by atoms with E-state index in [0.717, 1.165) is 21.5 Å². The van der Waals surface area contributed by atoms with E-state index in [-0.39, 0.29) is 27.1 Å². The molecule has 0 saturated heterocycles. The highest BCUT2D eigenvalue weighted by Gasteiger charge is 2.27. The predicted octanol–water partition coefficient (Wildman–Crippen LogP) is 17.4. The Morgan fingerprint density at radius 2 is 0.741 bits per heavy atom. The highest BCUT2D eigenvalue weighted by atomic mass is 79.9. The van der Waals surface area contributed by atoms with Crippen LogP contribution in [0, 0.1) is 0 Å². The van der Waals surface area contributed by atoms with Crippen molar-refractivity contribution in [2.75, 3.05) is 4.90 Å². The van der Waals surface area contributed by atoms with Crippen LogP contribution in [0.4, 0.5) is 17.1 Å². The standard InChI is InChI=1S/C56H66BrN/c1-52(2,3)41-26-22-37(23-27-41)49-20-17-21-50(38-24-28-42(29-25-38)53(4,5)6)51(49)58(48-35-45(56(13,14)15)34-46(57)36-48)47-19-16-18-39(32-47)40-30-43(54(7,8)9)33-44(31-40)55(10,11)12/h16-36H,1-15H3. The SMILES string of the molecule is CC(C)(C)c1ccc(-c2cccc(-c3ccc(C(C)(C)C)cc3)c2N(c2cccc(-c3cc(C(C)(C)C)cc(C(C)(C)C)c3)c2)c2cc(Br)cc(C(C)(C)C)c2)cc1. The van der Waals surface area contributed by atoms with Gasteiger partial charge in [0.25, 0.3) is 0 Å². The van der Waals surface area contributed by atoms with E-state index in [1.165, 1.54) is 61.2 Å². The van der Waals surface area contributed by atoms with E-state index >= 15 is 0 Å². The van der Waals surface area contributed by atoms with Crippen LogP contribution in [0.25, 0.3) is 33.4 Å². The van der Waals surface area contributed by atoms with Crippen molar-refractivity contribution in [2.24, 2.45) is 0 Å². The number of hydrogen-bond donors (Lipinski definition) is 0. The van der Waals surface area contributed by atoms with Crippen molar-refractivity contribution in [3.63, 3.8) is 0 Å². The number of hydrogen-bond acceptors (Lipinski definition) is 1. The summed E-state index contributed by atoms with van der Waals surface area (Å²) in [4.78, 5) is 2.52. The zero-order chi connectivity index (χ0) is 42.6. The van der Waals surface area contributed by atoms with Crippen LogP contribution in [0.1, 0.15) is 132 Å². The summed E-state index contributed by atoms with van der Waals surface area (Å²) in [6, 6.07) is 48.7. The molecule has 0 amide bonds. The maximum Gasteiger partial charge on any atom is 0.0618 e. The molecule has 1 nitrogen and oxygen atoms in total. The summed E-state index contributed by atoms with van der Waals surface area (Å²) in [6.07, 6.45) is 0. The third kappa shape index (κ3) is 9.55. The van der Waals surface area contributed by atoms with Crippen molar-refractivity contribution in [3.8, 4) is 33.4 Å². The monoisotopic (exact) mass is 831 g/mol. The second-order valence-electron chi connectivity index (χ2n) is 21.5. The average molecular weight is 833 g/mol. The number of rotatable bonds is 6. The Kier molecular flexibility index (Phi) is 11.7. The molecule has 6 rings (SSSR count). The predicted molar refractivity (Wildman–Crippen MR) is 259 cm³/mol. The van der Waals surface area contributed by atoms with Gasteiger partial charge in [0.05, 0.1) is 5.69 Å². The molecule has 2 heteroatoms. The highest BCUT2D eigenvalue weighted by Crippen LogP contribution is 2.49. The van der Waals surface area contributed by atoms with Gasteiger partial charge in [-0.1, -0.05) is 217 Å². The minimum atomic E-state index is -0.0588. The van der Waals surface area contributed by atoms with E-state index in [9.17, 15) is 0 Å². The van der Waals surface area contributed by atoms with Crippen LogP contribution in [0.5, 0.6) is 0 Å². The van der Waals surface area contributed by atoms with Crippen molar-refractivity contribution in [1.29, 1.82) is 0 Å². The lowest BCUT2D eigenvalue weighted by atomic mass is 9.79. The zero-order valence-electron chi connectivity index (χ0n) is 37.9. The Morgan fingerprint density at radius 1 is 0.328 bits per heavy atom. The zero-order valence-corrected chi connectivity index (χ0v) is 39.5. The van der Waals surface area contributed by atoms with Crippen LogP contribution < -0.4 is 4.90 Å². The second kappa shape index (κ2) is 15.6. The fraction of sp³-hybridized carbons (Fsp3) is 0.357. The molecular formula is C56H66BrN. The van der Waals surface area contributed by atoms with Gasteiger partial charge in [0.1, 0.15) is 0 Å². The number of nitrogens with zero attached hydrogens (tertiary/aromatic N) is 1. The molecule has 6 aromatic rings. The van der Waals surface area contributed by atoms with Crippen LogP contribution in [-0.4, -0.2) is 0 Å². The lowest BCUT2D eigenvalue weighted by Crippen LogP contribution is -2.17. The summed E-state index contributed by atoms with van der Waals surface area (Å²) in [6.45, 7) is 34.5. The minimum Gasteiger partial charge on any atom is -0.309 e. The largest absolute Gasteiger partial charge is 0.309 e. The summed E-state index contributed by atoms with van der Waals surface area (Å²) in [5.41, 5.74) is 17.3. The third-order valence-electron chi connectivity index (χ3n) is 11.5. The van der Waals surface area contributed by atoms with E-state index in [0.29, 0.717) is 0 Å². The van der Waals surface area contributed by atoms with Gasteiger partial charge < -0.3 is 4.90 Å². The van der Waals surface area contributed by atoms with Crippen molar-refractivity contribution in [1.82, 2.24) is 0 Å². The molecule has 0 unspecified atom stereocenters. The molecule has 0 saturated carbocycles.